The van der Waals surface area contributed by atoms with Gasteiger partial charge in [0.05, 0.1) is 19.3 Å². The average Bonchev–Trinajstić information content (AvgIpc) is 3.00. The maximum Gasteiger partial charge on any atom is 0.191 e. The summed E-state index contributed by atoms with van der Waals surface area (Å²) in [5.41, 5.74) is 2.43. The number of hydrogen-bond acceptors (Lipinski definition) is 3. The molecule has 132 valence electrons. The Bertz CT molecular complexity index is 624. The van der Waals surface area contributed by atoms with Gasteiger partial charge in [0.25, 0.3) is 0 Å². The van der Waals surface area contributed by atoms with E-state index in [0.717, 1.165) is 36.8 Å². The molecule has 0 radical (unpaired) electrons. The first-order chi connectivity index (χ1) is 11.2. The van der Waals surface area contributed by atoms with E-state index in [-0.39, 0.29) is 24.0 Å². The van der Waals surface area contributed by atoms with E-state index in [1.54, 1.807) is 20.4 Å². The van der Waals surface area contributed by atoms with Crippen LogP contribution in [0.5, 0.6) is 5.75 Å². The standard InChI is InChI=1S/C17H25N5O.HI/c1-18-17(20-13-15-10-12-21-22(15)2)19-11-4-5-14-6-8-16(23-3)9-7-14;/h6-10,12H,4-5,11,13H2,1-3H3,(H2,18,19,20);1H. The van der Waals surface area contributed by atoms with Crippen molar-refractivity contribution in [1.82, 2.24) is 20.4 Å². The van der Waals surface area contributed by atoms with Crippen LogP contribution in [0.3, 0.4) is 0 Å². The van der Waals surface area contributed by atoms with E-state index in [2.05, 4.69) is 32.9 Å². The number of guanidine groups is 1. The van der Waals surface area contributed by atoms with Crippen molar-refractivity contribution in [3.05, 3.63) is 47.8 Å². The summed E-state index contributed by atoms with van der Waals surface area (Å²) in [5, 5.41) is 10.8. The number of aliphatic imine (C=N–C) groups is 1. The molecule has 2 rings (SSSR count). The quantitative estimate of drug-likeness (QED) is 0.299. The van der Waals surface area contributed by atoms with E-state index in [1.807, 2.05) is 29.9 Å². The van der Waals surface area contributed by atoms with Gasteiger partial charge in [-0.25, -0.2) is 0 Å². The number of benzene rings is 1. The van der Waals surface area contributed by atoms with Crippen molar-refractivity contribution in [2.24, 2.45) is 12.0 Å². The fraction of sp³-hybridized carbons (Fsp3) is 0.412. The van der Waals surface area contributed by atoms with Crippen molar-refractivity contribution in [3.63, 3.8) is 0 Å². The summed E-state index contributed by atoms with van der Waals surface area (Å²) in [6.45, 7) is 1.58. The fourth-order valence-electron chi connectivity index (χ4n) is 2.26. The van der Waals surface area contributed by atoms with Gasteiger partial charge in [0.2, 0.25) is 0 Å². The third-order valence-corrected chi connectivity index (χ3v) is 3.68. The SMILES string of the molecule is CN=C(NCCCc1ccc(OC)cc1)NCc1ccnn1C.I. The van der Waals surface area contributed by atoms with Crippen LogP contribution in [0.1, 0.15) is 17.7 Å². The molecular weight excluding hydrogens is 417 g/mol. The monoisotopic (exact) mass is 443 g/mol. The summed E-state index contributed by atoms with van der Waals surface area (Å²) < 4.78 is 7.02. The minimum Gasteiger partial charge on any atom is -0.497 e. The summed E-state index contributed by atoms with van der Waals surface area (Å²) in [7, 11) is 5.40. The molecule has 0 fully saturated rings. The lowest BCUT2D eigenvalue weighted by Gasteiger charge is -2.12. The molecule has 7 heteroatoms. The van der Waals surface area contributed by atoms with E-state index in [9.17, 15) is 0 Å². The van der Waals surface area contributed by atoms with Gasteiger partial charge in [-0.2, -0.15) is 5.10 Å². The number of hydrogen-bond donors (Lipinski definition) is 2. The topological polar surface area (TPSA) is 63.5 Å². The molecule has 0 atom stereocenters. The smallest absolute Gasteiger partial charge is 0.191 e. The van der Waals surface area contributed by atoms with Gasteiger partial charge < -0.3 is 15.4 Å². The number of halogens is 1. The predicted molar refractivity (Wildman–Crippen MR) is 108 cm³/mol. The molecule has 0 saturated carbocycles. The van der Waals surface area contributed by atoms with Gasteiger partial charge in [0, 0.05) is 26.8 Å². The molecule has 0 bridgehead atoms. The van der Waals surface area contributed by atoms with Crippen molar-refractivity contribution < 1.29 is 4.74 Å². The second-order valence-electron chi connectivity index (χ2n) is 5.25. The summed E-state index contributed by atoms with van der Waals surface area (Å²) in [4.78, 5) is 4.23. The van der Waals surface area contributed by atoms with Crippen LogP contribution < -0.4 is 15.4 Å². The molecular formula is C17H26IN5O. The number of aromatic nitrogens is 2. The highest BCUT2D eigenvalue weighted by Gasteiger charge is 2.01. The summed E-state index contributed by atoms with van der Waals surface area (Å²) in [6.07, 6.45) is 3.86. The summed E-state index contributed by atoms with van der Waals surface area (Å²) >= 11 is 0. The molecule has 2 aromatic rings. The minimum absolute atomic E-state index is 0. The van der Waals surface area contributed by atoms with Crippen LogP contribution in [0.2, 0.25) is 0 Å². The molecule has 0 saturated heterocycles. The third kappa shape index (κ3) is 6.38. The first-order valence-corrected chi connectivity index (χ1v) is 7.77. The van der Waals surface area contributed by atoms with Gasteiger partial charge >= 0.3 is 0 Å². The predicted octanol–water partition coefficient (Wildman–Crippen LogP) is 2.34. The molecule has 1 aromatic heterocycles. The van der Waals surface area contributed by atoms with Gasteiger partial charge in [-0.1, -0.05) is 12.1 Å². The molecule has 0 unspecified atom stereocenters. The maximum atomic E-state index is 5.16. The van der Waals surface area contributed by atoms with E-state index in [4.69, 9.17) is 4.74 Å². The van der Waals surface area contributed by atoms with Gasteiger partial charge in [-0.15, -0.1) is 24.0 Å². The highest BCUT2D eigenvalue weighted by Crippen LogP contribution is 2.12. The van der Waals surface area contributed by atoms with Crippen LogP contribution in [0.25, 0.3) is 0 Å². The average molecular weight is 443 g/mol. The number of rotatable bonds is 7. The van der Waals surface area contributed by atoms with Crippen molar-refractivity contribution in [2.45, 2.75) is 19.4 Å². The Labute approximate surface area is 160 Å². The van der Waals surface area contributed by atoms with Crippen LogP contribution in [0.15, 0.2) is 41.5 Å². The molecule has 0 aliphatic heterocycles. The summed E-state index contributed by atoms with van der Waals surface area (Å²) in [6, 6.07) is 10.2. The zero-order chi connectivity index (χ0) is 16.5. The van der Waals surface area contributed by atoms with Crippen molar-refractivity contribution >= 4 is 29.9 Å². The van der Waals surface area contributed by atoms with Crippen LogP contribution in [-0.2, 0) is 20.0 Å². The Morgan fingerprint density at radius 2 is 1.96 bits per heavy atom. The van der Waals surface area contributed by atoms with Crippen LogP contribution in [0.4, 0.5) is 0 Å². The fourth-order valence-corrected chi connectivity index (χ4v) is 2.26. The number of methoxy groups -OCH3 is 1. The second kappa shape index (κ2) is 10.9. The minimum atomic E-state index is 0. The highest BCUT2D eigenvalue weighted by atomic mass is 127. The Kier molecular flexibility index (Phi) is 9.21. The largest absolute Gasteiger partial charge is 0.497 e. The molecule has 1 aromatic carbocycles. The van der Waals surface area contributed by atoms with Gasteiger partial charge in [-0.05, 0) is 36.6 Å². The van der Waals surface area contributed by atoms with Gasteiger partial charge in [0.15, 0.2) is 5.96 Å². The lowest BCUT2D eigenvalue weighted by Crippen LogP contribution is -2.37. The van der Waals surface area contributed by atoms with Crippen molar-refractivity contribution in [3.8, 4) is 5.75 Å². The molecule has 24 heavy (non-hydrogen) atoms. The van der Waals surface area contributed by atoms with E-state index >= 15 is 0 Å². The van der Waals surface area contributed by atoms with Crippen LogP contribution >= 0.6 is 24.0 Å². The highest BCUT2D eigenvalue weighted by molar-refractivity contribution is 14.0. The van der Waals surface area contributed by atoms with Crippen molar-refractivity contribution in [1.29, 1.82) is 0 Å². The van der Waals surface area contributed by atoms with Crippen LogP contribution in [-0.4, -0.2) is 36.4 Å². The van der Waals surface area contributed by atoms with E-state index in [0.29, 0.717) is 6.54 Å². The van der Waals surface area contributed by atoms with Gasteiger partial charge in [-0.3, -0.25) is 9.67 Å². The normalized spacial score (nSPS) is 10.9. The number of aryl methyl sites for hydroxylation is 2. The Morgan fingerprint density at radius 1 is 1.21 bits per heavy atom. The lowest BCUT2D eigenvalue weighted by molar-refractivity contribution is 0.414. The van der Waals surface area contributed by atoms with E-state index in [1.165, 1.54) is 5.56 Å². The Hall–Kier alpha value is -1.77. The van der Waals surface area contributed by atoms with Crippen LogP contribution in [0, 0.1) is 0 Å². The third-order valence-electron chi connectivity index (χ3n) is 3.68. The summed E-state index contributed by atoms with van der Waals surface area (Å²) in [5.74, 6) is 1.70. The molecule has 1 heterocycles. The molecule has 0 amide bonds. The maximum absolute atomic E-state index is 5.16. The van der Waals surface area contributed by atoms with E-state index < -0.39 is 0 Å². The lowest BCUT2D eigenvalue weighted by atomic mass is 10.1. The molecule has 2 N–H and O–H groups in total. The first-order valence-electron chi connectivity index (χ1n) is 7.77. The number of nitrogens with one attached hydrogen (secondary N) is 2. The number of ether oxygens (including phenoxy) is 1. The van der Waals surface area contributed by atoms with Crippen molar-refractivity contribution in [2.75, 3.05) is 20.7 Å². The molecule has 0 aliphatic carbocycles. The van der Waals surface area contributed by atoms with Gasteiger partial charge in [0.1, 0.15) is 5.75 Å². The molecule has 0 spiro atoms. The number of nitrogens with zero attached hydrogens (tertiary/aromatic N) is 3. The molecule has 6 nitrogen and oxygen atoms in total. The Morgan fingerprint density at radius 3 is 2.54 bits per heavy atom. The first kappa shape index (κ1) is 20.3. The second-order valence-corrected chi connectivity index (χ2v) is 5.25. The Balaban J connectivity index is 0.00000288. The zero-order valence-electron chi connectivity index (χ0n) is 14.5. The zero-order valence-corrected chi connectivity index (χ0v) is 16.8. The molecule has 0 aliphatic rings.